The SMILES string of the molecule is O=C(O)C1CCC(NC/C=C/Cl)CC1. The van der Waals surface area contributed by atoms with E-state index in [1.54, 1.807) is 0 Å². The highest BCUT2D eigenvalue weighted by atomic mass is 35.5. The maximum atomic E-state index is 10.7. The molecule has 0 atom stereocenters. The van der Waals surface area contributed by atoms with Crippen LogP contribution in [-0.2, 0) is 4.79 Å². The summed E-state index contributed by atoms with van der Waals surface area (Å²) >= 11 is 5.39. The average molecular weight is 218 g/mol. The molecule has 1 aliphatic carbocycles. The lowest BCUT2D eigenvalue weighted by molar-refractivity contribution is -0.142. The van der Waals surface area contributed by atoms with Crippen LogP contribution in [0.4, 0.5) is 0 Å². The first-order valence-electron chi connectivity index (χ1n) is 4.95. The van der Waals surface area contributed by atoms with E-state index in [4.69, 9.17) is 16.7 Å². The van der Waals surface area contributed by atoms with E-state index in [2.05, 4.69) is 5.32 Å². The second-order valence-corrected chi connectivity index (χ2v) is 3.91. The Morgan fingerprint density at radius 1 is 1.43 bits per heavy atom. The zero-order chi connectivity index (χ0) is 10.4. The molecular weight excluding hydrogens is 202 g/mol. The standard InChI is InChI=1S/C10H16ClNO2/c11-6-1-7-12-9-4-2-8(3-5-9)10(13)14/h1,6,8-9,12H,2-5,7H2,(H,13,14)/b6-1+. The molecule has 0 spiro atoms. The number of carboxylic acid groups (broad SMARTS) is 1. The minimum Gasteiger partial charge on any atom is -0.481 e. The van der Waals surface area contributed by atoms with Crippen molar-refractivity contribution in [1.82, 2.24) is 5.32 Å². The second-order valence-electron chi connectivity index (χ2n) is 3.66. The average Bonchev–Trinajstić information content (AvgIpc) is 2.19. The molecule has 14 heavy (non-hydrogen) atoms. The van der Waals surface area contributed by atoms with Gasteiger partial charge < -0.3 is 10.4 Å². The normalized spacial score (nSPS) is 28.1. The smallest absolute Gasteiger partial charge is 0.306 e. The van der Waals surface area contributed by atoms with Gasteiger partial charge in [0.1, 0.15) is 0 Å². The summed E-state index contributed by atoms with van der Waals surface area (Å²) in [7, 11) is 0. The van der Waals surface area contributed by atoms with Crippen LogP contribution in [0.15, 0.2) is 11.6 Å². The Hall–Kier alpha value is -0.540. The van der Waals surface area contributed by atoms with Gasteiger partial charge in [-0.2, -0.15) is 0 Å². The van der Waals surface area contributed by atoms with Crippen LogP contribution in [0.3, 0.4) is 0 Å². The monoisotopic (exact) mass is 217 g/mol. The number of hydrogen-bond donors (Lipinski definition) is 2. The molecule has 0 amide bonds. The third-order valence-electron chi connectivity index (χ3n) is 2.69. The van der Waals surface area contributed by atoms with E-state index in [1.165, 1.54) is 5.54 Å². The first-order valence-corrected chi connectivity index (χ1v) is 5.39. The van der Waals surface area contributed by atoms with Crippen molar-refractivity contribution in [1.29, 1.82) is 0 Å². The molecule has 2 N–H and O–H groups in total. The van der Waals surface area contributed by atoms with Gasteiger partial charge in [0, 0.05) is 18.1 Å². The highest BCUT2D eigenvalue weighted by Crippen LogP contribution is 2.24. The van der Waals surface area contributed by atoms with Crippen LogP contribution in [-0.4, -0.2) is 23.7 Å². The zero-order valence-electron chi connectivity index (χ0n) is 8.08. The van der Waals surface area contributed by atoms with Crippen molar-refractivity contribution < 1.29 is 9.90 Å². The van der Waals surface area contributed by atoms with Crippen molar-refractivity contribution in [2.45, 2.75) is 31.7 Å². The molecule has 80 valence electrons. The fourth-order valence-electron chi connectivity index (χ4n) is 1.82. The molecule has 0 aromatic rings. The van der Waals surface area contributed by atoms with Gasteiger partial charge in [-0.1, -0.05) is 17.7 Å². The third kappa shape index (κ3) is 3.68. The lowest BCUT2D eigenvalue weighted by Gasteiger charge is -2.26. The van der Waals surface area contributed by atoms with Crippen molar-refractivity contribution >= 4 is 17.6 Å². The van der Waals surface area contributed by atoms with E-state index in [-0.39, 0.29) is 5.92 Å². The van der Waals surface area contributed by atoms with Crippen LogP contribution in [0, 0.1) is 5.92 Å². The van der Waals surface area contributed by atoms with Crippen LogP contribution in [0.5, 0.6) is 0 Å². The predicted octanol–water partition coefficient (Wildman–Crippen LogP) is 1.97. The fourth-order valence-corrected chi connectivity index (χ4v) is 1.91. The van der Waals surface area contributed by atoms with E-state index in [9.17, 15) is 4.79 Å². The summed E-state index contributed by atoms with van der Waals surface area (Å²) in [4.78, 5) is 10.7. The summed E-state index contributed by atoms with van der Waals surface area (Å²) in [5, 5.41) is 12.1. The van der Waals surface area contributed by atoms with Crippen molar-refractivity contribution in [3.63, 3.8) is 0 Å². The van der Waals surface area contributed by atoms with E-state index in [1.807, 2.05) is 6.08 Å². The molecule has 1 rings (SSSR count). The molecule has 4 heteroatoms. The predicted molar refractivity (Wildman–Crippen MR) is 56.4 cm³/mol. The van der Waals surface area contributed by atoms with Crippen LogP contribution < -0.4 is 5.32 Å². The van der Waals surface area contributed by atoms with E-state index < -0.39 is 5.97 Å². The Bertz CT molecular complexity index is 210. The maximum Gasteiger partial charge on any atom is 0.306 e. The van der Waals surface area contributed by atoms with E-state index >= 15 is 0 Å². The quantitative estimate of drug-likeness (QED) is 0.757. The minimum atomic E-state index is -0.649. The molecule has 1 saturated carbocycles. The number of hydrogen-bond acceptors (Lipinski definition) is 2. The molecule has 3 nitrogen and oxygen atoms in total. The molecule has 0 heterocycles. The Morgan fingerprint density at radius 2 is 2.07 bits per heavy atom. The van der Waals surface area contributed by atoms with Gasteiger partial charge in [0.05, 0.1) is 5.92 Å². The number of rotatable bonds is 4. The highest BCUT2D eigenvalue weighted by Gasteiger charge is 2.25. The number of aliphatic carboxylic acids is 1. The summed E-state index contributed by atoms with van der Waals surface area (Å²) in [6.45, 7) is 0.770. The van der Waals surface area contributed by atoms with Gasteiger partial charge in [-0.3, -0.25) is 4.79 Å². The molecule has 0 aromatic heterocycles. The van der Waals surface area contributed by atoms with Gasteiger partial charge in [0.15, 0.2) is 0 Å². The summed E-state index contributed by atoms with van der Waals surface area (Å²) in [5.41, 5.74) is 1.50. The van der Waals surface area contributed by atoms with Gasteiger partial charge in [0.2, 0.25) is 0 Å². The van der Waals surface area contributed by atoms with E-state index in [0.717, 1.165) is 32.2 Å². The topological polar surface area (TPSA) is 49.3 Å². The number of carboxylic acids is 1. The van der Waals surface area contributed by atoms with Crippen molar-refractivity contribution in [3.8, 4) is 0 Å². The lowest BCUT2D eigenvalue weighted by atomic mass is 9.86. The highest BCUT2D eigenvalue weighted by molar-refractivity contribution is 6.25. The van der Waals surface area contributed by atoms with Crippen LogP contribution >= 0.6 is 11.6 Å². The Labute approximate surface area is 89.1 Å². The van der Waals surface area contributed by atoms with Gasteiger partial charge in [-0.15, -0.1) is 0 Å². The first-order chi connectivity index (χ1) is 6.74. The molecule has 0 radical (unpaired) electrons. The van der Waals surface area contributed by atoms with Gasteiger partial charge >= 0.3 is 5.97 Å². The molecule has 0 aromatic carbocycles. The maximum absolute atomic E-state index is 10.7. The second kappa shape index (κ2) is 6.04. The van der Waals surface area contributed by atoms with Crippen molar-refractivity contribution in [3.05, 3.63) is 11.6 Å². The number of carbonyl (C=O) groups is 1. The Morgan fingerprint density at radius 3 is 2.57 bits per heavy atom. The van der Waals surface area contributed by atoms with Crippen molar-refractivity contribution in [2.24, 2.45) is 5.92 Å². The fraction of sp³-hybridized carbons (Fsp3) is 0.700. The molecule has 0 aliphatic heterocycles. The summed E-state index contributed by atoms with van der Waals surface area (Å²) < 4.78 is 0. The van der Waals surface area contributed by atoms with Gasteiger partial charge in [-0.25, -0.2) is 0 Å². The molecule has 1 aliphatic rings. The minimum absolute atomic E-state index is 0.128. The molecule has 0 unspecified atom stereocenters. The number of halogens is 1. The van der Waals surface area contributed by atoms with Crippen LogP contribution in [0.25, 0.3) is 0 Å². The van der Waals surface area contributed by atoms with Gasteiger partial charge in [-0.05, 0) is 25.7 Å². The first kappa shape index (κ1) is 11.5. The molecule has 0 bridgehead atoms. The zero-order valence-corrected chi connectivity index (χ0v) is 8.83. The number of nitrogens with one attached hydrogen (secondary N) is 1. The lowest BCUT2D eigenvalue weighted by Crippen LogP contribution is -2.34. The van der Waals surface area contributed by atoms with Crippen LogP contribution in [0.2, 0.25) is 0 Å². The summed E-state index contributed by atoms with van der Waals surface area (Å²) in [5.74, 6) is -0.777. The molecule has 1 fully saturated rings. The molecule has 0 saturated heterocycles. The molecular formula is C10H16ClNO2. The largest absolute Gasteiger partial charge is 0.481 e. The Balaban J connectivity index is 2.18. The Kier molecular flexibility index (Phi) is 4.98. The van der Waals surface area contributed by atoms with Crippen molar-refractivity contribution in [2.75, 3.05) is 6.54 Å². The van der Waals surface area contributed by atoms with E-state index in [0.29, 0.717) is 6.04 Å². The third-order valence-corrected chi connectivity index (χ3v) is 2.87. The summed E-state index contributed by atoms with van der Waals surface area (Å²) in [6, 6.07) is 0.457. The summed E-state index contributed by atoms with van der Waals surface area (Å²) in [6.07, 6.45) is 5.33. The van der Waals surface area contributed by atoms with Gasteiger partial charge in [0.25, 0.3) is 0 Å². The van der Waals surface area contributed by atoms with Crippen LogP contribution in [0.1, 0.15) is 25.7 Å².